The van der Waals surface area contributed by atoms with Crippen LogP contribution in [0.15, 0.2) is 25.3 Å². The van der Waals surface area contributed by atoms with E-state index in [9.17, 15) is 10.2 Å². The summed E-state index contributed by atoms with van der Waals surface area (Å²) in [5.74, 6) is 0. The third-order valence-corrected chi connectivity index (χ3v) is 38.5. The Bertz CT molecular complexity index is 1190. The van der Waals surface area contributed by atoms with Crippen molar-refractivity contribution in [1.82, 2.24) is 0 Å². The second kappa shape index (κ2) is 32.9. The van der Waals surface area contributed by atoms with Crippen molar-refractivity contribution in [2.24, 2.45) is 10.8 Å². The first-order chi connectivity index (χ1) is 29.7. The molecule has 398 valence electrons. The van der Waals surface area contributed by atoms with Gasteiger partial charge in [-0.2, -0.15) is 0 Å². The Morgan fingerprint density at radius 3 is 0.985 bits per heavy atom. The average Bonchev–Trinajstić information content (AvgIpc) is 3.09. The number of ether oxygens (including phenoxy) is 4. The number of aliphatic hydroxyl groups is 2. The highest BCUT2D eigenvalue weighted by molar-refractivity contribution is 6.88. The van der Waals surface area contributed by atoms with Crippen molar-refractivity contribution in [1.29, 1.82) is 0 Å². The van der Waals surface area contributed by atoms with Crippen LogP contribution >= 0.6 is 0 Å². The first-order valence-electron chi connectivity index (χ1n) is 24.7. The maximum Gasteiger partial charge on any atom is 0.311 e. The topological polar surface area (TPSA) is 133 Å². The van der Waals surface area contributed by atoms with Crippen LogP contribution in [0.1, 0.15) is 39.5 Å². The molecule has 0 unspecified atom stereocenters. The van der Waals surface area contributed by atoms with Gasteiger partial charge in [-0.15, -0.1) is 13.2 Å². The second-order valence-corrected chi connectivity index (χ2v) is 59.9. The molecule has 0 amide bonds. The molecule has 21 heteroatoms. The molecule has 0 aromatic heterocycles. The minimum Gasteiger partial charge on any atom is -0.440 e. The van der Waals surface area contributed by atoms with Gasteiger partial charge >= 0.3 is 25.7 Å². The molecule has 0 rings (SSSR count). The van der Waals surface area contributed by atoms with Crippen molar-refractivity contribution in [3.63, 3.8) is 0 Å². The Balaban J connectivity index is -0.00000119. The lowest BCUT2D eigenvalue weighted by Gasteiger charge is -2.37. The molecule has 0 saturated heterocycles. The van der Waals surface area contributed by atoms with Crippen LogP contribution in [0.25, 0.3) is 0 Å². The highest BCUT2D eigenvalue weighted by Crippen LogP contribution is 2.28. The Morgan fingerprint density at radius 2 is 0.742 bits per heavy atom. The van der Waals surface area contributed by atoms with E-state index >= 15 is 0 Å². The molecule has 0 fully saturated rings. The van der Waals surface area contributed by atoms with Crippen molar-refractivity contribution in [2.75, 3.05) is 66.1 Å². The highest BCUT2D eigenvalue weighted by atomic mass is 28.5. The van der Waals surface area contributed by atoms with Gasteiger partial charge in [0.25, 0.3) is 0 Å². The summed E-state index contributed by atoms with van der Waals surface area (Å²) in [7, 11) is -15.2. The van der Waals surface area contributed by atoms with Crippen molar-refractivity contribution >= 4 is 76.3 Å². The lowest BCUT2D eigenvalue weighted by atomic mass is 9.88. The van der Waals surface area contributed by atoms with Crippen LogP contribution in [0.3, 0.4) is 0 Å². The first kappa shape index (κ1) is 71.2. The van der Waals surface area contributed by atoms with E-state index in [0.29, 0.717) is 52.9 Å². The largest absolute Gasteiger partial charge is 0.440 e. The fraction of sp³-hybridized carbons (Fsp3) is 0.911. The molecular formula is C45H110O12Si9. The maximum absolute atomic E-state index is 10.2. The van der Waals surface area contributed by atoms with Gasteiger partial charge in [-0.1, -0.05) is 26.0 Å². The lowest BCUT2D eigenvalue weighted by molar-refractivity contribution is -0.0529. The first-order valence-corrected chi connectivity index (χ1v) is 52.3. The fourth-order valence-corrected chi connectivity index (χ4v) is 45.1. The monoisotopic (exact) mass is 1090 g/mol. The fourth-order valence-electron chi connectivity index (χ4n) is 7.67. The van der Waals surface area contributed by atoms with Crippen molar-refractivity contribution in [2.45, 2.75) is 189 Å². The molecule has 2 N–H and O–H groups in total. The summed E-state index contributed by atoms with van der Waals surface area (Å²) >= 11 is 0. The van der Waals surface area contributed by atoms with E-state index in [4.69, 9.17) is 43.6 Å². The van der Waals surface area contributed by atoms with E-state index in [1.807, 2.05) is 6.92 Å². The summed E-state index contributed by atoms with van der Waals surface area (Å²) in [6.45, 7) is 62.3. The maximum atomic E-state index is 10.2. The van der Waals surface area contributed by atoms with Crippen molar-refractivity contribution in [3.8, 4) is 0 Å². The average molecular weight is 1100 g/mol. The van der Waals surface area contributed by atoms with E-state index in [2.05, 4.69) is 158 Å². The van der Waals surface area contributed by atoms with Gasteiger partial charge in [0.15, 0.2) is 50.6 Å². The number of rotatable bonds is 36. The van der Waals surface area contributed by atoms with Gasteiger partial charge in [0.2, 0.25) is 0 Å². The van der Waals surface area contributed by atoms with Crippen LogP contribution in [0, 0.1) is 10.8 Å². The van der Waals surface area contributed by atoms with Gasteiger partial charge in [0.1, 0.15) is 0 Å². The van der Waals surface area contributed by atoms with Crippen LogP contribution in [-0.2, 0) is 43.6 Å². The Labute approximate surface area is 419 Å². The van der Waals surface area contributed by atoms with E-state index in [0.717, 1.165) is 37.8 Å². The molecule has 12 nitrogen and oxygen atoms in total. The Kier molecular flexibility index (Phi) is 35.5. The van der Waals surface area contributed by atoms with Crippen LogP contribution in [0.5, 0.6) is 0 Å². The van der Waals surface area contributed by atoms with Crippen LogP contribution < -0.4 is 0 Å². The molecule has 0 bridgehead atoms. The zero-order chi connectivity index (χ0) is 52.4. The minimum atomic E-state index is -2.11. The van der Waals surface area contributed by atoms with E-state index in [1.165, 1.54) is 0 Å². The zero-order valence-electron chi connectivity index (χ0n) is 47.4. The predicted molar refractivity (Wildman–Crippen MR) is 305 cm³/mol. The van der Waals surface area contributed by atoms with Gasteiger partial charge < -0.3 is 53.9 Å². The van der Waals surface area contributed by atoms with Gasteiger partial charge in [-0.25, -0.2) is 0 Å². The van der Waals surface area contributed by atoms with E-state index < -0.39 is 76.3 Å². The molecule has 0 atom stereocenters. The van der Waals surface area contributed by atoms with Crippen LogP contribution in [0.4, 0.5) is 0 Å². The normalized spacial score (nSPS) is 13.8. The molecule has 0 heterocycles. The van der Waals surface area contributed by atoms with E-state index in [1.54, 1.807) is 12.2 Å². The summed E-state index contributed by atoms with van der Waals surface area (Å²) < 4.78 is 60.8. The summed E-state index contributed by atoms with van der Waals surface area (Å²) in [5.41, 5.74) is -0.654. The van der Waals surface area contributed by atoms with Crippen molar-refractivity contribution in [3.05, 3.63) is 25.3 Å². The standard InChI is InChI=1S/C26H66O7Si6.C12H22O3.C7H22O2Si3/c1-16-26(23-27,24-28-19-17-21-36(8,9)32-38(12,13)30-34(2,3)4)25-29-20-18-22-37(10,11)33-39(14,15)31-35(5,6)7;1-4-7-14-10-12(6-3,9-13)11-15-8-5-2;1-10(2)8-12(6,7)9-11(3,4)5/h27H,16-25H2,1-15H3;4-5,13H,1-2,6-11H2,3H3;10H,1-7H3. The SMILES string of the molecule is C=CCOCC(CC)(CO)COCC=C.CCC(CO)(COCCC[Si](C)(C)O[Si](C)(C)O[Si](C)(C)C)COCCC[Si](C)(C)O[Si](C)(C)O[Si](C)(C)C.C[SiH](C)O[Si](C)(C)O[Si](C)(C)C. The molecule has 0 radical (unpaired) electrons. The lowest BCUT2D eigenvalue weighted by Crippen LogP contribution is -2.51. The summed E-state index contributed by atoms with van der Waals surface area (Å²) in [5, 5.41) is 19.6. The molecule has 0 aliphatic carbocycles. The number of hydrogen-bond donors (Lipinski definition) is 2. The summed E-state index contributed by atoms with van der Waals surface area (Å²) in [6, 6.07) is 2.08. The number of aliphatic hydroxyl groups excluding tert-OH is 2. The number of hydrogen-bond acceptors (Lipinski definition) is 12. The van der Waals surface area contributed by atoms with E-state index in [-0.39, 0.29) is 24.0 Å². The quantitative estimate of drug-likeness (QED) is 0.0352. The molecule has 0 saturated carbocycles. The Hall–Kier alpha value is 0.952. The molecule has 0 spiro atoms. The smallest absolute Gasteiger partial charge is 0.311 e. The molecule has 0 aromatic rings. The van der Waals surface area contributed by atoms with Gasteiger partial charge in [0, 0.05) is 24.0 Å². The highest BCUT2D eigenvalue weighted by Gasteiger charge is 2.39. The summed E-state index contributed by atoms with van der Waals surface area (Å²) in [6.07, 6.45) is 6.95. The second-order valence-electron chi connectivity index (χ2n) is 23.7. The van der Waals surface area contributed by atoms with Crippen LogP contribution in [0.2, 0.25) is 150 Å². The minimum absolute atomic E-state index is 0.0672. The zero-order valence-corrected chi connectivity index (χ0v) is 56.6. The third-order valence-electron chi connectivity index (χ3n) is 9.63. The van der Waals surface area contributed by atoms with Gasteiger partial charge in [0.05, 0.1) is 52.9 Å². The predicted octanol–water partition coefficient (Wildman–Crippen LogP) is 12.1. The Morgan fingerprint density at radius 1 is 0.455 bits per heavy atom. The molecule has 0 aliphatic rings. The van der Waals surface area contributed by atoms with Crippen molar-refractivity contribution < 1.29 is 53.9 Å². The van der Waals surface area contributed by atoms with Gasteiger partial charge in [-0.05, 0) is 175 Å². The molecule has 66 heavy (non-hydrogen) atoms. The summed E-state index contributed by atoms with van der Waals surface area (Å²) in [4.78, 5) is 0. The molecule has 0 aromatic carbocycles. The molecular weight excluding hydrogens is 985 g/mol. The third kappa shape index (κ3) is 41.6. The molecule has 0 aliphatic heterocycles. The van der Waals surface area contributed by atoms with Gasteiger partial charge in [-0.3, -0.25) is 0 Å². The van der Waals surface area contributed by atoms with Crippen LogP contribution in [-0.4, -0.2) is 153 Å².